The van der Waals surface area contributed by atoms with Gasteiger partial charge in [-0.15, -0.1) is 5.10 Å². The second-order valence-corrected chi connectivity index (χ2v) is 9.73. The van der Waals surface area contributed by atoms with Gasteiger partial charge in [0.2, 0.25) is 5.91 Å². The van der Waals surface area contributed by atoms with Gasteiger partial charge in [-0.2, -0.15) is 0 Å². The first-order chi connectivity index (χ1) is 18.5. The van der Waals surface area contributed by atoms with Crippen molar-refractivity contribution in [3.05, 3.63) is 83.3 Å². The van der Waals surface area contributed by atoms with Crippen LogP contribution < -0.4 is 5.32 Å². The largest absolute Gasteiger partial charge is 0.464 e. The fourth-order valence-corrected chi connectivity index (χ4v) is 4.92. The Kier molecular flexibility index (Phi) is 7.83. The topological polar surface area (TPSA) is 102 Å². The van der Waals surface area contributed by atoms with Crippen LogP contribution in [0, 0.1) is 13.8 Å². The van der Waals surface area contributed by atoms with Gasteiger partial charge in [0.25, 0.3) is 5.91 Å². The van der Waals surface area contributed by atoms with Crippen LogP contribution >= 0.6 is 0 Å². The summed E-state index contributed by atoms with van der Waals surface area (Å²) in [5, 5.41) is 11.4. The van der Waals surface area contributed by atoms with Crippen molar-refractivity contribution in [1.29, 1.82) is 0 Å². The normalized spacial score (nSPS) is 16.0. The molecule has 198 valence electrons. The first kappa shape index (κ1) is 25.7. The molecule has 3 heterocycles. The van der Waals surface area contributed by atoms with Crippen LogP contribution in [-0.2, 0) is 27.3 Å². The third-order valence-corrected chi connectivity index (χ3v) is 7.03. The molecule has 1 saturated heterocycles. The molecule has 0 radical (unpaired) electrons. The molecule has 9 heteroatoms. The van der Waals surface area contributed by atoms with Gasteiger partial charge in [0.05, 0.1) is 11.6 Å². The summed E-state index contributed by atoms with van der Waals surface area (Å²) in [6.07, 6.45) is 2.45. The number of amides is 2. The third-order valence-electron chi connectivity index (χ3n) is 7.03. The molecule has 1 N–H and O–H groups in total. The first-order valence-corrected chi connectivity index (χ1v) is 13.1. The monoisotopic (exact) mass is 515 g/mol. The van der Waals surface area contributed by atoms with E-state index in [4.69, 9.17) is 9.15 Å². The SMILES string of the molecule is Cc1ccc([C@H](C(=O)NC[C@@H]2CCCO2)N(CCc2ccccc2C)C(=O)Cn2nnc3ccccc32)o1. The number of hydrogen-bond acceptors (Lipinski definition) is 6. The van der Waals surface area contributed by atoms with Crippen LogP contribution in [-0.4, -0.2) is 57.5 Å². The van der Waals surface area contributed by atoms with Crippen molar-refractivity contribution < 1.29 is 18.7 Å². The summed E-state index contributed by atoms with van der Waals surface area (Å²) in [6.45, 7) is 5.24. The maximum absolute atomic E-state index is 13.9. The summed E-state index contributed by atoms with van der Waals surface area (Å²) >= 11 is 0. The Morgan fingerprint density at radius 1 is 1.11 bits per heavy atom. The highest BCUT2D eigenvalue weighted by Crippen LogP contribution is 2.26. The second-order valence-electron chi connectivity index (χ2n) is 9.73. The fourth-order valence-electron chi connectivity index (χ4n) is 4.92. The predicted molar refractivity (Wildman–Crippen MR) is 142 cm³/mol. The van der Waals surface area contributed by atoms with Crippen molar-refractivity contribution in [2.24, 2.45) is 0 Å². The summed E-state index contributed by atoms with van der Waals surface area (Å²) in [5.74, 6) is 0.552. The van der Waals surface area contributed by atoms with Crippen molar-refractivity contribution >= 4 is 22.8 Å². The van der Waals surface area contributed by atoms with Gasteiger partial charge in [-0.3, -0.25) is 9.59 Å². The van der Waals surface area contributed by atoms with E-state index in [9.17, 15) is 9.59 Å². The first-order valence-electron chi connectivity index (χ1n) is 13.1. The quantitative estimate of drug-likeness (QED) is 0.345. The van der Waals surface area contributed by atoms with Crippen LogP contribution in [0.5, 0.6) is 0 Å². The number of carbonyl (C=O) groups excluding carboxylic acids is 2. The van der Waals surface area contributed by atoms with Crippen LogP contribution in [0.1, 0.15) is 41.5 Å². The number of ether oxygens (including phenoxy) is 1. The van der Waals surface area contributed by atoms with E-state index in [1.165, 1.54) is 0 Å². The molecule has 4 aromatic rings. The highest BCUT2D eigenvalue weighted by molar-refractivity contribution is 5.88. The minimum atomic E-state index is -0.934. The lowest BCUT2D eigenvalue weighted by Crippen LogP contribution is -2.47. The average Bonchev–Trinajstić information content (AvgIpc) is 3.68. The minimum Gasteiger partial charge on any atom is -0.464 e. The van der Waals surface area contributed by atoms with Crippen LogP contribution in [0.4, 0.5) is 0 Å². The zero-order chi connectivity index (χ0) is 26.5. The zero-order valence-corrected chi connectivity index (χ0v) is 21.8. The number of aryl methyl sites for hydroxylation is 2. The number of nitrogens with one attached hydrogen (secondary N) is 1. The molecule has 9 nitrogen and oxygen atoms in total. The van der Waals surface area contributed by atoms with Gasteiger partial charge in [0.15, 0.2) is 6.04 Å². The van der Waals surface area contributed by atoms with Crippen LogP contribution in [0.25, 0.3) is 11.0 Å². The zero-order valence-electron chi connectivity index (χ0n) is 21.8. The number of furan rings is 1. The van der Waals surface area contributed by atoms with Gasteiger partial charge >= 0.3 is 0 Å². The predicted octanol–water partition coefficient (Wildman–Crippen LogP) is 3.75. The van der Waals surface area contributed by atoms with Crippen molar-refractivity contribution in [3.8, 4) is 0 Å². The fraction of sp³-hybridized carbons (Fsp3) is 0.379. The van der Waals surface area contributed by atoms with E-state index >= 15 is 0 Å². The molecule has 0 aliphatic carbocycles. The molecule has 38 heavy (non-hydrogen) atoms. The van der Waals surface area contributed by atoms with Crippen molar-refractivity contribution in [2.45, 2.75) is 51.8 Å². The smallest absolute Gasteiger partial charge is 0.250 e. The molecular formula is C29H33N5O4. The van der Waals surface area contributed by atoms with E-state index in [1.54, 1.807) is 15.6 Å². The molecule has 0 spiro atoms. The van der Waals surface area contributed by atoms with Crippen molar-refractivity contribution in [2.75, 3.05) is 19.7 Å². The molecule has 5 rings (SSSR count). The molecule has 1 fully saturated rings. The Balaban J connectivity index is 1.45. The van der Waals surface area contributed by atoms with Crippen LogP contribution in [0.3, 0.4) is 0 Å². The van der Waals surface area contributed by atoms with E-state index in [2.05, 4.69) is 15.6 Å². The number of aromatic nitrogens is 3. The van der Waals surface area contributed by atoms with E-state index in [1.807, 2.05) is 68.4 Å². The van der Waals surface area contributed by atoms with Crippen molar-refractivity contribution in [1.82, 2.24) is 25.2 Å². The van der Waals surface area contributed by atoms with Crippen LogP contribution in [0.2, 0.25) is 0 Å². The summed E-state index contributed by atoms with van der Waals surface area (Å²) in [4.78, 5) is 29.2. The Hall–Kier alpha value is -3.98. The van der Waals surface area contributed by atoms with Gasteiger partial charge in [-0.1, -0.05) is 41.6 Å². The second kappa shape index (κ2) is 11.6. The maximum atomic E-state index is 13.9. The molecule has 0 bridgehead atoms. The molecule has 1 aliphatic heterocycles. The lowest BCUT2D eigenvalue weighted by Gasteiger charge is -2.30. The molecule has 2 aromatic heterocycles. The summed E-state index contributed by atoms with van der Waals surface area (Å²) < 4.78 is 13.2. The van der Waals surface area contributed by atoms with Gasteiger partial charge in [0, 0.05) is 19.7 Å². The lowest BCUT2D eigenvalue weighted by atomic mass is 10.0. The van der Waals surface area contributed by atoms with E-state index in [-0.39, 0.29) is 24.5 Å². The highest BCUT2D eigenvalue weighted by atomic mass is 16.5. The van der Waals surface area contributed by atoms with Gasteiger partial charge in [-0.25, -0.2) is 4.68 Å². The summed E-state index contributed by atoms with van der Waals surface area (Å²) in [6, 6.07) is 18.2. The number of benzene rings is 2. The molecule has 1 aliphatic rings. The summed E-state index contributed by atoms with van der Waals surface area (Å²) in [5.41, 5.74) is 3.72. The number of carbonyl (C=O) groups is 2. The summed E-state index contributed by atoms with van der Waals surface area (Å²) in [7, 11) is 0. The Morgan fingerprint density at radius 2 is 1.92 bits per heavy atom. The minimum absolute atomic E-state index is 0.0180. The number of nitrogens with zero attached hydrogens (tertiary/aromatic N) is 4. The molecule has 2 aromatic carbocycles. The van der Waals surface area contributed by atoms with Gasteiger partial charge < -0.3 is 19.4 Å². The lowest BCUT2D eigenvalue weighted by molar-refractivity contribution is -0.142. The maximum Gasteiger partial charge on any atom is 0.250 e. The Bertz CT molecular complexity index is 1400. The molecule has 2 amide bonds. The molecule has 0 unspecified atom stereocenters. The Labute approximate surface area is 221 Å². The molecular weight excluding hydrogens is 482 g/mol. The van der Waals surface area contributed by atoms with E-state index in [0.717, 1.165) is 29.5 Å². The number of fused-ring (bicyclic) bond motifs is 1. The molecule has 0 saturated carbocycles. The standard InChI is InChI=1S/C29H33N5O4/c1-20-8-3-4-9-22(20)15-16-33(27(35)19-34-25-12-6-5-11-24(25)31-32-34)28(26-14-13-21(2)38-26)29(36)30-18-23-10-7-17-37-23/h3-6,8-9,11-14,23,28H,7,10,15-19H2,1-2H3,(H,30,36)/t23-,28+/m0/s1. The van der Waals surface area contributed by atoms with E-state index < -0.39 is 6.04 Å². The third kappa shape index (κ3) is 5.78. The average molecular weight is 516 g/mol. The Morgan fingerprint density at radius 3 is 2.68 bits per heavy atom. The highest BCUT2D eigenvalue weighted by Gasteiger charge is 2.34. The van der Waals surface area contributed by atoms with Crippen molar-refractivity contribution in [3.63, 3.8) is 0 Å². The number of rotatable bonds is 10. The van der Waals surface area contributed by atoms with E-state index in [0.29, 0.717) is 43.2 Å². The van der Waals surface area contributed by atoms with Crippen LogP contribution in [0.15, 0.2) is 65.1 Å². The number of para-hydroxylation sites is 1. The molecule has 2 atom stereocenters. The van der Waals surface area contributed by atoms with Gasteiger partial charge in [-0.05, 0) is 68.5 Å². The number of hydrogen-bond donors (Lipinski definition) is 1. The van der Waals surface area contributed by atoms with Gasteiger partial charge in [0.1, 0.15) is 23.6 Å².